The third-order valence-electron chi connectivity index (χ3n) is 5.05. The van der Waals surface area contributed by atoms with Gasteiger partial charge in [0.15, 0.2) is 5.71 Å². The molecule has 0 heterocycles. The number of oxime groups is 1. The predicted octanol–water partition coefficient (Wildman–Crippen LogP) is 6.96. The number of hydrogen-bond donors (Lipinski definition) is 0. The fourth-order valence-electron chi connectivity index (χ4n) is 3.43. The minimum absolute atomic E-state index is 0.00881. The fraction of sp³-hybridized carbons (Fsp3) is 0.423. The average molecular weight is 464 g/mol. The van der Waals surface area contributed by atoms with E-state index in [0.717, 1.165) is 61.0 Å². The van der Waals surface area contributed by atoms with E-state index in [9.17, 15) is 13.2 Å². The Kier molecular flexibility index (Phi) is 10.3. The van der Waals surface area contributed by atoms with Gasteiger partial charge in [-0.15, -0.1) is 0 Å². The first-order valence-corrected chi connectivity index (χ1v) is 11.0. The Hall–Kier alpha value is -2.96. The van der Waals surface area contributed by atoms with Crippen molar-refractivity contribution in [2.45, 2.75) is 52.6 Å². The van der Waals surface area contributed by atoms with Crippen molar-refractivity contribution in [2.75, 3.05) is 20.3 Å². The first-order valence-electron chi connectivity index (χ1n) is 11.0. The van der Waals surface area contributed by atoms with Gasteiger partial charge in [-0.25, -0.2) is 0 Å². The molecule has 0 aliphatic rings. The van der Waals surface area contributed by atoms with E-state index in [1.54, 1.807) is 12.1 Å². The number of ether oxygens (including phenoxy) is 2. The van der Waals surface area contributed by atoms with E-state index < -0.39 is 11.9 Å². The number of hydrogen-bond acceptors (Lipinski definition) is 4. The summed E-state index contributed by atoms with van der Waals surface area (Å²) in [7, 11) is 1.10. The van der Waals surface area contributed by atoms with Crippen molar-refractivity contribution in [1.82, 2.24) is 0 Å². The van der Waals surface area contributed by atoms with Crippen LogP contribution in [0.3, 0.4) is 0 Å². The highest BCUT2D eigenvalue weighted by molar-refractivity contribution is 6.04. The zero-order chi connectivity index (χ0) is 24.3. The molecule has 0 fully saturated rings. The number of rotatable bonds is 12. The molecule has 2 aromatic rings. The molecule has 0 N–H and O–H groups in total. The van der Waals surface area contributed by atoms with Crippen molar-refractivity contribution < 1.29 is 27.5 Å². The maximum absolute atomic E-state index is 13.0. The number of benzene rings is 2. The molecule has 0 amide bonds. The largest absolute Gasteiger partial charge is 0.493 e. The fourth-order valence-corrected chi connectivity index (χ4v) is 3.43. The summed E-state index contributed by atoms with van der Waals surface area (Å²) in [6, 6.07) is 10.2. The molecule has 0 spiro atoms. The SMILES string of the molecule is C/C=C/COc1cc(C)c(OCCCCCc2ccc(/C(=N/OC)C(F)(F)F)cc2)c(C)c1. The van der Waals surface area contributed by atoms with E-state index >= 15 is 0 Å². The van der Waals surface area contributed by atoms with Crippen molar-refractivity contribution in [3.8, 4) is 11.5 Å². The van der Waals surface area contributed by atoms with Gasteiger partial charge in [0.1, 0.15) is 25.2 Å². The minimum atomic E-state index is -4.56. The van der Waals surface area contributed by atoms with Crippen LogP contribution in [0.25, 0.3) is 0 Å². The Balaban J connectivity index is 1.77. The first-order chi connectivity index (χ1) is 15.8. The molecule has 180 valence electrons. The summed E-state index contributed by atoms with van der Waals surface area (Å²) in [5, 5.41) is 3.12. The van der Waals surface area contributed by atoms with E-state index in [1.807, 2.05) is 45.1 Å². The lowest BCUT2D eigenvalue weighted by Crippen LogP contribution is -2.24. The Morgan fingerprint density at radius 2 is 1.64 bits per heavy atom. The van der Waals surface area contributed by atoms with Gasteiger partial charge < -0.3 is 14.3 Å². The van der Waals surface area contributed by atoms with E-state index in [-0.39, 0.29) is 5.56 Å². The lowest BCUT2D eigenvalue weighted by atomic mass is 10.0. The molecule has 0 radical (unpaired) electrons. The van der Waals surface area contributed by atoms with Crippen LogP contribution < -0.4 is 9.47 Å². The highest BCUT2D eigenvalue weighted by Crippen LogP contribution is 2.29. The molecule has 0 saturated heterocycles. The van der Waals surface area contributed by atoms with Crippen LogP contribution in [0.15, 0.2) is 53.7 Å². The Labute approximate surface area is 194 Å². The third-order valence-corrected chi connectivity index (χ3v) is 5.05. The zero-order valence-corrected chi connectivity index (χ0v) is 19.7. The minimum Gasteiger partial charge on any atom is -0.493 e. The van der Waals surface area contributed by atoms with Crippen LogP contribution in [-0.4, -0.2) is 32.2 Å². The normalized spacial score (nSPS) is 12.3. The number of halogens is 3. The number of alkyl halides is 3. The van der Waals surface area contributed by atoms with Crippen molar-refractivity contribution >= 4 is 5.71 Å². The number of unbranched alkanes of at least 4 members (excludes halogenated alkanes) is 2. The smallest absolute Gasteiger partial charge is 0.437 e. The van der Waals surface area contributed by atoms with Crippen LogP contribution in [0.5, 0.6) is 11.5 Å². The van der Waals surface area contributed by atoms with Crippen LogP contribution in [0.2, 0.25) is 0 Å². The lowest BCUT2D eigenvalue weighted by Gasteiger charge is -2.14. The highest BCUT2D eigenvalue weighted by Gasteiger charge is 2.37. The van der Waals surface area contributed by atoms with Gasteiger partial charge in [-0.2, -0.15) is 13.2 Å². The molecule has 0 aliphatic heterocycles. The Morgan fingerprint density at radius 3 is 2.21 bits per heavy atom. The van der Waals surface area contributed by atoms with Gasteiger partial charge in [0.05, 0.1) is 6.61 Å². The predicted molar refractivity (Wildman–Crippen MR) is 125 cm³/mol. The van der Waals surface area contributed by atoms with Gasteiger partial charge in [0.2, 0.25) is 0 Å². The van der Waals surface area contributed by atoms with E-state index in [4.69, 9.17) is 9.47 Å². The van der Waals surface area contributed by atoms with Crippen LogP contribution in [-0.2, 0) is 11.3 Å². The summed E-state index contributed by atoms with van der Waals surface area (Å²) in [5.74, 6) is 1.72. The number of nitrogens with zero attached hydrogens (tertiary/aromatic N) is 1. The summed E-state index contributed by atoms with van der Waals surface area (Å²) in [4.78, 5) is 4.34. The molecular weight excluding hydrogens is 431 g/mol. The van der Waals surface area contributed by atoms with Gasteiger partial charge in [0, 0.05) is 5.56 Å². The maximum Gasteiger partial charge on any atom is 0.437 e. The molecule has 33 heavy (non-hydrogen) atoms. The Morgan fingerprint density at radius 1 is 0.970 bits per heavy atom. The van der Waals surface area contributed by atoms with Crippen LogP contribution in [0.4, 0.5) is 13.2 Å². The van der Waals surface area contributed by atoms with Crippen LogP contribution in [0, 0.1) is 13.8 Å². The molecule has 0 atom stereocenters. The van der Waals surface area contributed by atoms with Gasteiger partial charge in [-0.3, -0.25) is 0 Å². The summed E-state index contributed by atoms with van der Waals surface area (Å²) in [6.45, 7) is 7.13. The number of allylic oxidation sites excluding steroid dienone is 1. The molecule has 2 aromatic carbocycles. The van der Waals surface area contributed by atoms with Gasteiger partial charge in [-0.1, -0.05) is 41.6 Å². The van der Waals surface area contributed by atoms with E-state index in [1.165, 1.54) is 12.1 Å². The second-order valence-corrected chi connectivity index (χ2v) is 7.74. The summed E-state index contributed by atoms with van der Waals surface area (Å²) < 4.78 is 50.8. The molecule has 0 aliphatic carbocycles. The van der Waals surface area contributed by atoms with Crippen molar-refractivity contribution in [3.63, 3.8) is 0 Å². The van der Waals surface area contributed by atoms with Crippen molar-refractivity contribution in [1.29, 1.82) is 0 Å². The molecule has 7 heteroatoms. The second-order valence-electron chi connectivity index (χ2n) is 7.74. The molecule has 4 nitrogen and oxygen atoms in total. The van der Waals surface area contributed by atoms with Gasteiger partial charge >= 0.3 is 6.18 Å². The quantitative estimate of drug-likeness (QED) is 0.148. The van der Waals surface area contributed by atoms with Crippen molar-refractivity contribution in [2.24, 2.45) is 5.16 Å². The van der Waals surface area contributed by atoms with E-state index in [0.29, 0.717) is 13.2 Å². The average Bonchev–Trinajstić information content (AvgIpc) is 2.76. The highest BCUT2D eigenvalue weighted by atomic mass is 19.4. The summed E-state index contributed by atoms with van der Waals surface area (Å²) in [6.07, 6.45) is 2.93. The second kappa shape index (κ2) is 12.9. The Bertz CT molecular complexity index is 912. The summed E-state index contributed by atoms with van der Waals surface area (Å²) in [5.41, 5.74) is 2.03. The summed E-state index contributed by atoms with van der Waals surface area (Å²) >= 11 is 0. The molecule has 0 bridgehead atoms. The standard InChI is InChI=1S/C26H32F3NO3/c1-5-6-15-32-23-17-19(2)24(20(3)18-23)33-16-9-7-8-10-21-11-13-22(14-12-21)25(30-31-4)26(27,28)29/h5-6,11-14,17-18H,7-10,15-16H2,1-4H3/b6-5+,30-25-. The maximum atomic E-state index is 13.0. The van der Waals surface area contributed by atoms with Crippen LogP contribution in [0.1, 0.15) is 48.4 Å². The zero-order valence-electron chi connectivity index (χ0n) is 19.7. The number of aryl methyl sites for hydroxylation is 3. The third kappa shape index (κ3) is 8.48. The van der Waals surface area contributed by atoms with E-state index in [2.05, 4.69) is 9.99 Å². The van der Waals surface area contributed by atoms with Crippen LogP contribution >= 0.6 is 0 Å². The van der Waals surface area contributed by atoms with Gasteiger partial charge in [0.25, 0.3) is 0 Å². The van der Waals surface area contributed by atoms with Gasteiger partial charge in [-0.05, 0) is 75.3 Å². The molecule has 0 saturated carbocycles. The molecule has 0 unspecified atom stereocenters. The monoisotopic (exact) mass is 463 g/mol. The topological polar surface area (TPSA) is 40.0 Å². The lowest BCUT2D eigenvalue weighted by molar-refractivity contribution is -0.0608. The van der Waals surface area contributed by atoms with Crippen molar-refractivity contribution in [3.05, 3.63) is 70.8 Å². The molecule has 0 aromatic heterocycles. The first kappa shape index (κ1) is 26.3. The molecule has 2 rings (SSSR count). The molecular formula is C26H32F3NO3.